The molecule has 0 aromatic carbocycles. The van der Waals surface area contributed by atoms with Gasteiger partial charge in [0.05, 0.1) is 0 Å². The number of hydrogen-bond donors (Lipinski definition) is 0. The molecule has 10 heavy (non-hydrogen) atoms. The summed E-state index contributed by atoms with van der Waals surface area (Å²) in [5.41, 5.74) is 1.57. The van der Waals surface area contributed by atoms with Crippen molar-refractivity contribution in [2.45, 2.75) is 32.1 Å². The Morgan fingerprint density at radius 2 is 1.80 bits per heavy atom. The van der Waals surface area contributed by atoms with E-state index in [0.717, 1.165) is 5.33 Å². The second-order valence-corrected chi connectivity index (χ2v) is 4.22. The third kappa shape index (κ3) is 2.39. The summed E-state index contributed by atoms with van der Waals surface area (Å²) in [6.45, 7) is 0. The summed E-state index contributed by atoms with van der Waals surface area (Å²) in [5.74, 6) is 0. The Hall–Kier alpha value is 0.700. The average Bonchev–Trinajstić information content (AvgIpc) is 2.13. The molecule has 1 rings (SSSR count). The van der Waals surface area contributed by atoms with Crippen LogP contribution in [0, 0.1) is 0 Å². The van der Waals surface area contributed by atoms with Crippen LogP contribution < -0.4 is 0 Å². The Morgan fingerprint density at radius 3 is 2.50 bits per heavy atom. The Morgan fingerprint density at radius 1 is 1.10 bits per heavy atom. The molecule has 0 aromatic heterocycles. The molecule has 0 spiro atoms. The standard InChI is InChI=1S/C8H12Br2/c9-6-7-4-2-1-3-5-8(7)10/h1-6H2. The second kappa shape index (κ2) is 4.55. The van der Waals surface area contributed by atoms with Gasteiger partial charge < -0.3 is 0 Å². The molecule has 0 heterocycles. The van der Waals surface area contributed by atoms with Gasteiger partial charge in [-0.2, -0.15) is 0 Å². The molecular formula is C8H12Br2. The Kier molecular flexibility index (Phi) is 4.00. The van der Waals surface area contributed by atoms with Crippen LogP contribution in [-0.4, -0.2) is 5.33 Å². The molecule has 1 aliphatic carbocycles. The normalized spacial score (nSPS) is 21.0. The molecule has 0 fully saturated rings. The number of alkyl halides is 1. The monoisotopic (exact) mass is 266 g/mol. The summed E-state index contributed by atoms with van der Waals surface area (Å²) in [5, 5.41) is 1.05. The van der Waals surface area contributed by atoms with Crippen molar-refractivity contribution in [3.63, 3.8) is 0 Å². The van der Waals surface area contributed by atoms with Crippen LogP contribution in [0.25, 0.3) is 0 Å². The van der Waals surface area contributed by atoms with Gasteiger partial charge in [0, 0.05) is 5.33 Å². The van der Waals surface area contributed by atoms with Gasteiger partial charge in [-0.05, 0) is 35.7 Å². The van der Waals surface area contributed by atoms with Crippen molar-refractivity contribution in [1.29, 1.82) is 0 Å². The second-order valence-electron chi connectivity index (χ2n) is 2.70. The van der Waals surface area contributed by atoms with E-state index in [2.05, 4.69) is 31.9 Å². The molecule has 0 bridgehead atoms. The molecule has 0 aromatic rings. The SMILES string of the molecule is BrCC1=C(Br)CCCCC1. The fraction of sp³-hybridized carbons (Fsp3) is 0.750. The lowest BCUT2D eigenvalue weighted by Crippen LogP contribution is -1.84. The minimum Gasteiger partial charge on any atom is -0.0880 e. The smallest absolute Gasteiger partial charge is 0.0252 e. The van der Waals surface area contributed by atoms with Crippen molar-refractivity contribution in [2.75, 3.05) is 5.33 Å². The summed E-state index contributed by atoms with van der Waals surface area (Å²) >= 11 is 7.11. The lowest BCUT2D eigenvalue weighted by molar-refractivity contribution is 0.711. The highest BCUT2D eigenvalue weighted by atomic mass is 79.9. The first-order chi connectivity index (χ1) is 4.84. The predicted octanol–water partition coefficient (Wildman–Crippen LogP) is 3.99. The Balaban J connectivity index is 2.58. The van der Waals surface area contributed by atoms with Gasteiger partial charge in [0.15, 0.2) is 0 Å². The van der Waals surface area contributed by atoms with E-state index in [0.29, 0.717) is 0 Å². The highest BCUT2D eigenvalue weighted by molar-refractivity contribution is 9.12. The third-order valence-corrected chi connectivity index (χ3v) is 3.55. The largest absolute Gasteiger partial charge is 0.0880 e. The molecule has 58 valence electrons. The van der Waals surface area contributed by atoms with Gasteiger partial charge in [-0.1, -0.05) is 38.3 Å². The van der Waals surface area contributed by atoms with E-state index in [1.807, 2.05) is 0 Å². The molecule has 0 atom stereocenters. The molecule has 0 radical (unpaired) electrons. The molecule has 0 saturated carbocycles. The van der Waals surface area contributed by atoms with Crippen LogP contribution in [0.2, 0.25) is 0 Å². The predicted molar refractivity (Wildman–Crippen MR) is 52.8 cm³/mol. The fourth-order valence-electron chi connectivity index (χ4n) is 1.25. The summed E-state index contributed by atoms with van der Waals surface area (Å²) in [7, 11) is 0. The minimum absolute atomic E-state index is 1.05. The molecule has 0 aliphatic heterocycles. The van der Waals surface area contributed by atoms with Crippen molar-refractivity contribution >= 4 is 31.9 Å². The molecule has 0 saturated heterocycles. The van der Waals surface area contributed by atoms with Crippen molar-refractivity contribution in [3.8, 4) is 0 Å². The van der Waals surface area contributed by atoms with Gasteiger partial charge in [-0.3, -0.25) is 0 Å². The molecule has 2 heteroatoms. The van der Waals surface area contributed by atoms with E-state index in [1.54, 1.807) is 5.57 Å². The van der Waals surface area contributed by atoms with E-state index in [9.17, 15) is 0 Å². The van der Waals surface area contributed by atoms with Crippen LogP contribution in [0.4, 0.5) is 0 Å². The summed E-state index contributed by atoms with van der Waals surface area (Å²) in [6.07, 6.45) is 6.66. The maximum Gasteiger partial charge on any atom is 0.0252 e. The van der Waals surface area contributed by atoms with Crippen molar-refractivity contribution in [3.05, 3.63) is 10.1 Å². The van der Waals surface area contributed by atoms with Crippen LogP contribution >= 0.6 is 31.9 Å². The van der Waals surface area contributed by atoms with Gasteiger partial charge >= 0.3 is 0 Å². The molecular weight excluding hydrogens is 256 g/mol. The molecule has 0 N–H and O–H groups in total. The zero-order valence-electron chi connectivity index (χ0n) is 6.00. The van der Waals surface area contributed by atoms with Crippen LogP contribution in [0.5, 0.6) is 0 Å². The van der Waals surface area contributed by atoms with Gasteiger partial charge in [-0.15, -0.1) is 0 Å². The highest BCUT2D eigenvalue weighted by Crippen LogP contribution is 2.28. The van der Waals surface area contributed by atoms with E-state index in [-0.39, 0.29) is 0 Å². The minimum atomic E-state index is 1.05. The van der Waals surface area contributed by atoms with E-state index >= 15 is 0 Å². The van der Waals surface area contributed by atoms with Crippen LogP contribution in [0.3, 0.4) is 0 Å². The summed E-state index contributed by atoms with van der Waals surface area (Å²) in [6, 6.07) is 0. The topological polar surface area (TPSA) is 0 Å². The average molecular weight is 268 g/mol. The molecule has 0 amide bonds. The zero-order chi connectivity index (χ0) is 7.40. The first-order valence-electron chi connectivity index (χ1n) is 3.77. The third-order valence-electron chi connectivity index (χ3n) is 1.92. The first kappa shape index (κ1) is 8.79. The van der Waals surface area contributed by atoms with E-state index < -0.39 is 0 Å². The van der Waals surface area contributed by atoms with Crippen LogP contribution in [-0.2, 0) is 0 Å². The Bertz CT molecular complexity index is 138. The highest BCUT2D eigenvalue weighted by Gasteiger charge is 2.06. The van der Waals surface area contributed by atoms with Gasteiger partial charge in [0.25, 0.3) is 0 Å². The van der Waals surface area contributed by atoms with E-state index in [1.165, 1.54) is 36.6 Å². The number of rotatable bonds is 1. The van der Waals surface area contributed by atoms with Crippen molar-refractivity contribution < 1.29 is 0 Å². The van der Waals surface area contributed by atoms with Crippen LogP contribution in [0.15, 0.2) is 10.1 Å². The Labute approximate surface area is 79.3 Å². The number of halogens is 2. The van der Waals surface area contributed by atoms with Gasteiger partial charge in [0.1, 0.15) is 0 Å². The zero-order valence-corrected chi connectivity index (χ0v) is 9.17. The van der Waals surface area contributed by atoms with E-state index in [4.69, 9.17) is 0 Å². The molecule has 1 aliphatic rings. The van der Waals surface area contributed by atoms with Crippen LogP contribution in [0.1, 0.15) is 32.1 Å². The quantitative estimate of drug-likeness (QED) is 0.630. The summed E-state index contributed by atoms with van der Waals surface area (Å²) in [4.78, 5) is 0. The van der Waals surface area contributed by atoms with Gasteiger partial charge in [0.2, 0.25) is 0 Å². The molecule has 0 unspecified atom stereocenters. The van der Waals surface area contributed by atoms with Crippen molar-refractivity contribution in [1.82, 2.24) is 0 Å². The number of allylic oxidation sites excluding steroid dienone is 2. The number of hydrogen-bond acceptors (Lipinski definition) is 0. The van der Waals surface area contributed by atoms with Crippen molar-refractivity contribution in [2.24, 2.45) is 0 Å². The first-order valence-corrected chi connectivity index (χ1v) is 5.68. The molecule has 0 nitrogen and oxygen atoms in total. The lowest BCUT2D eigenvalue weighted by Gasteiger charge is -2.01. The summed E-state index contributed by atoms with van der Waals surface area (Å²) < 4.78 is 1.45. The maximum atomic E-state index is 3.61. The lowest BCUT2D eigenvalue weighted by atomic mass is 10.2. The fourth-order valence-corrected chi connectivity index (χ4v) is 2.86. The van der Waals surface area contributed by atoms with Gasteiger partial charge in [-0.25, -0.2) is 0 Å². The maximum absolute atomic E-state index is 3.61.